The number of aliphatic hydroxyl groups is 4. The van der Waals surface area contributed by atoms with Crippen LogP contribution >= 0.6 is 11.6 Å². The normalized spacial score (nSPS) is 34.9. The average molecular weight is 496 g/mol. The van der Waals surface area contributed by atoms with E-state index < -0.39 is 82.5 Å². The number of hydrogen-bond acceptors (Lipinski definition) is 10. The SMILES string of the molecule is C[C@@H]1c2c(c(O)c(N)c(Cl)c2N(C)C)C(=O)C2C1[C@H](O)C1CC(=O)C(C(N)=O)=C(O)C1(O)C2O. The third-order valence-electron chi connectivity index (χ3n) is 7.61. The maximum Gasteiger partial charge on any atom is 0.255 e. The average Bonchev–Trinajstić information content (AvgIpc) is 2.74. The van der Waals surface area contributed by atoms with Gasteiger partial charge >= 0.3 is 0 Å². The molecule has 3 aliphatic carbocycles. The van der Waals surface area contributed by atoms with Crippen molar-refractivity contribution in [3.8, 4) is 5.75 Å². The number of fused-ring (bicyclic) bond motifs is 3. The number of ketones is 2. The highest BCUT2D eigenvalue weighted by Crippen LogP contribution is 2.59. The highest BCUT2D eigenvalue weighted by Gasteiger charge is 2.67. The number of carbonyl (C=O) groups excluding carboxylic acids is 3. The first-order valence-electron chi connectivity index (χ1n) is 10.6. The molecule has 4 rings (SSSR count). The zero-order valence-electron chi connectivity index (χ0n) is 18.6. The zero-order chi connectivity index (χ0) is 25.6. The number of anilines is 2. The van der Waals surface area contributed by atoms with Crippen molar-refractivity contribution in [3.63, 3.8) is 0 Å². The lowest BCUT2D eigenvalue weighted by Gasteiger charge is -2.56. The number of Topliss-reactive ketones (excluding diaryl/α,β-unsaturated/α-hetero) is 2. The molecule has 3 aliphatic rings. The Labute approximate surface area is 199 Å². The maximum atomic E-state index is 13.7. The van der Waals surface area contributed by atoms with Crippen LogP contribution in [-0.4, -0.2) is 74.9 Å². The van der Waals surface area contributed by atoms with Crippen LogP contribution in [0.15, 0.2) is 11.3 Å². The molecule has 0 heterocycles. The Morgan fingerprint density at radius 2 is 1.79 bits per heavy atom. The van der Waals surface area contributed by atoms with Crippen LogP contribution in [0.3, 0.4) is 0 Å². The lowest BCUT2D eigenvalue weighted by Crippen LogP contribution is -2.69. The fourth-order valence-corrected chi connectivity index (χ4v) is 6.43. The van der Waals surface area contributed by atoms with Gasteiger partial charge in [0.1, 0.15) is 17.4 Å². The molecule has 0 aliphatic heterocycles. The Bertz CT molecular complexity index is 1180. The summed E-state index contributed by atoms with van der Waals surface area (Å²) in [4.78, 5) is 39.6. The smallest absolute Gasteiger partial charge is 0.255 e. The topological polar surface area (TPSA) is 208 Å². The van der Waals surface area contributed by atoms with E-state index in [9.17, 15) is 39.9 Å². The standard InChI is InChI=1S/C22H26ClN3O8/c1-5-8-11(18(30)14(24)13(23)15(8)26(2)3)17(29)12-9(5)16(28)6-4-7(27)10(21(25)33)19(31)22(6,34)20(12)32/h5-6,9,12,16,20,28,30-32,34H,4,24H2,1-3H3,(H2,25,33)/t5-,6?,9?,12?,16-,20?,22?/m1/s1. The number of aliphatic hydroxyl groups excluding tert-OH is 3. The highest BCUT2D eigenvalue weighted by molar-refractivity contribution is 6.37. The van der Waals surface area contributed by atoms with Gasteiger partial charge in [0.15, 0.2) is 22.9 Å². The van der Waals surface area contributed by atoms with Crippen molar-refractivity contribution in [2.75, 3.05) is 24.7 Å². The molecular weight excluding hydrogens is 470 g/mol. The van der Waals surface area contributed by atoms with E-state index in [1.54, 1.807) is 25.9 Å². The molecular formula is C22H26ClN3O8. The van der Waals surface area contributed by atoms with E-state index >= 15 is 0 Å². The summed E-state index contributed by atoms with van der Waals surface area (Å²) in [5.74, 6) is -9.56. The first kappa shape index (κ1) is 24.3. The van der Waals surface area contributed by atoms with E-state index in [0.717, 1.165) is 0 Å². The number of benzene rings is 1. The fourth-order valence-electron chi connectivity index (χ4n) is 6.07. The Morgan fingerprint density at radius 3 is 2.32 bits per heavy atom. The molecule has 0 spiro atoms. The number of nitrogen functional groups attached to an aromatic ring is 1. The molecule has 0 aromatic heterocycles. The lowest BCUT2D eigenvalue weighted by atomic mass is 9.51. The molecule has 1 fully saturated rings. The molecule has 12 heteroatoms. The molecule has 1 amide bonds. The van der Waals surface area contributed by atoms with Gasteiger partial charge in [-0.1, -0.05) is 18.5 Å². The summed E-state index contributed by atoms with van der Waals surface area (Å²) in [5.41, 5.74) is 7.69. The number of phenolic OH excluding ortho intramolecular Hbond substituents is 1. The maximum absolute atomic E-state index is 13.7. The molecule has 184 valence electrons. The van der Waals surface area contributed by atoms with E-state index in [0.29, 0.717) is 11.3 Å². The molecule has 11 nitrogen and oxygen atoms in total. The van der Waals surface area contributed by atoms with Gasteiger partial charge in [0.2, 0.25) is 0 Å². The van der Waals surface area contributed by atoms with Crippen LogP contribution < -0.4 is 16.4 Å². The minimum Gasteiger partial charge on any atom is -0.508 e. The summed E-state index contributed by atoms with van der Waals surface area (Å²) in [7, 11) is 3.31. The highest BCUT2D eigenvalue weighted by atomic mass is 35.5. The number of rotatable bonds is 2. The number of nitrogens with zero attached hydrogens (tertiary/aromatic N) is 1. The van der Waals surface area contributed by atoms with Gasteiger partial charge in [-0.2, -0.15) is 0 Å². The van der Waals surface area contributed by atoms with Crippen molar-refractivity contribution >= 4 is 40.4 Å². The second-order valence-electron chi connectivity index (χ2n) is 9.45. The summed E-state index contributed by atoms with van der Waals surface area (Å²) >= 11 is 6.38. The third-order valence-corrected chi connectivity index (χ3v) is 8.00. The number of aromatic hydroxyl groups is 1. The van der Waals surface area contributed by atoms with Crippen molar-refractivity contribution < 1.29 is 39.9 Å². The van der Waals surface area contributed by atoms with Gasteiger partial charge in [-0.3, -0.25) is 14.4 Å². The van der Waals surface area contributed by atoms with Crippen molar-refractivity contribution in [2.45, 2.75) is 37.1 Å². The monoisotopic (exact) mass is 495 g/mol. The Kier molecular flexibility index (Phi) is 5.40. The molecule has 1 aromatic rings. The van der Waals surface area contributed by atoms with Crippen molar-refractivity contribution in [1.82, 2.24) is 0 Å². The summed E-state index contributed by atoms with van der Waals surface area (Å²) in [5, 5.41) is 55.4. The molecule has 9 N–H and O–H groups in total. The molecule has 0 radical (unpaired) electrons. The van der Waals surface area contributed by atoms with Crippen LogP contribution in [0.5, 0.6) is 5.75 Å². The van der Waals surface area contributed by atoms with Crippen LogP contribution in [0, 0.1) is 17.8 Å². The van der Waals surface area contributed by atoms with Gasteiger partial charge in [-0.05, 0) is 11.5 Å². The fraction of sp³-hybridized carbons (Fsp3) is 0.500. The molecule has 1 saturated carbocycles. The van der Waals surface area contributed by atoms with E-state index in [-0.39, 0.29) is 16.3 Å². The van der Waals surface area contributed by atoms with Gasteiger partial charge in [-0.15, -0.1) is 0 Å². The number of hydrogen-bond donors (Lipinski definition) is 7. The number of primary amides is 1. The quantitative estimate of drug-likeness (QED) is 0.160. The van der Waals surface area contributed by atoms with Crippen LogP contribution in [0.1, 0.15) is 35.2 Å². The van der Waals surface area contributed by atoms with Crippen LogP contribution in [0.4, 0.5) is 11.4 Å². The van der Waals surface area contributed by atoms with Gasteiger partial charge in [-0.25, -0.2) is 0 Å². The van der Waals surface area contributed by atoms with Crippen LogP contribution in [0.2, 0.25) is 5.02 Å². The number of halogens is 1. The predicted molar refractivity (Wildman–Crippen MR) is 121 cm³/mol. The summed E-state index contributed by atoms with van der Waals surface area (Å²) in [6.45, 7) is 1.65. The summed E-state index contributed by atoms with van der Waals surface area (Å²) < 4.78 is 0. The molecule has 0 saturated heterocycles. The lowest BCUT2D eigenvalue weighted by molar-refractivity contribution is -0.209. The number of carbonyl (C=O) groups is 3. The van der Waals surface area contributed by atoms with Gasteiger partial charge < -0.3 is 41.9 Å². The van der Waals surface area contributed by atoms with Crippen molar-refractivity contribution in [2.24, 2.45) is 23.5 Å². The van der Waals surface area contributed by atoms with Crippen LogP contribution in [0.25, 0.3) is 0 Å². The Balaban J connectivity index is 2.00. The largest absolute Gasteiger partial charge is 0.508 e. The first-order valence-corrected chi connectivity index (χ1v) is 11.0. The Morgan fingerprint density at radius 1 is 1.21 bits per heavy atom. The number of phenols is 1. The third kappa shape index (κ3) is 2.78. The first-order chi connectivity index (χ1) is 15.7. The Hall–Kier alpha value is -2.86. The van der Waals surface area contributed by atoms with Crippen LogP contribution in [-0.2, 0) is 9.59 Å². The second-order valence-corrected chi connectivity index (χ2v) is 9.82. The molecule has 1 aromatic carbocycles. The molecule has 0 bridgehead atoms. The molecule has 7 atom stereocenters. The summed E-state index contributed by atoms with van der Waals surface area (Å²) in [6, 6.07) is 0. The van der Waals surface area contributed by atoms with E-state index in [1.807, 2.05) is 0 Å². The van der Waals surface area contributed by atoms with E-state index in [1.165, 1.54) is 0 Å². The summed E-state index contributed by atoms with van der Waals surface area (Å²) in [6.07, 6.45) is -4.21. The number of amides is 1. The number of nitrogens with two attached hydrogens (primary N) is 2. The van der Waals surface area contributed by atoms with Gasteiger partial charge in [0, 0.05) is 32.4 Å². The zero-order valence-corrected chi connectivity index (χ0v) is 19.4. The van der Waals surface area contributed by atoms with Gasteiger partial charge in [0.25, 0.3) is 5.91 Å². The predicted octanol–water partition coefficient (Wildman–Crippen LogP) is -0.421. The van der Waals surface area contributed by atoms with E-state index in [4.69, 9.17) is 23.1 Å². The second kappa shape index (κ2) is 7.57. The minimum absolute atomic E-state index is 0.00113. The van der Waals surface area contributed by atoms with Crippen molar-refractivity contribution in [1.29, 1.82) is 0 Å². The minimum atomic E-state index is -2.70. The van der Waals surface area contributed by atoms with Gasteiger partial charge in [0.05, 0.1) is 34.0 Å². The van der Waals surface area contributed by atoms with E-state index in [2.05, 4.69) is 0 Å². The molecule has 34 heavy (non-hydrogen) atoms. The van der Waals surface area contributed by atoms with Crippen molar-refractivity contribution in [3.05, 3.63) is 27.5 Å². The molecule has 5 unspecified atom stereocenters.